The first-order chi connectivity index (χ1) is 11.0. The molecule has 0 saturated heterocycles. The van der Waals surface area contributed by atoms with E-state index in [9.17, 15) is 13.2 Å². The number of halogens is 3. The van der Waals surface area contributed by atoms with Gasteiger partial charge in [-0.1, -0.05) is 6.92 Å². The Balaban J connectivity index is 1.97. The first kappa shape index (κ1) is 16.8. The van der Waals surface area contributed by atoms with Gasteiger partial charge in [-0.05, 0) is 55.0 Å². The average molecular weight is 324 g/mol. The van der Waals surface area contributed by atoms with Crippen molar-refractivity contribution in [1.29, 1.82) is 0 Å². The minimum atomic E-state index is -4.70. The van der Waals surface area contributed by atoms with Crippen molar-refractivity contribution in [2.24, 2.45) is 10.2 Å². The lowest BCUT2D eigenvalue weighted by atomic mass is 10.3. The standard InChI is InChI=1S/C16H15F3N2O2/c1-2-11-22-14-7-3-12(4-8-14)20-21-13-5-9-15(10-6-13)23-16(17,18)19/h3-10H,2,11H2,1H3. The molecule has 0 aliphatic heterocycles. The second-order valence-corrected chi connectivity index (χ2v) is 4.58. The van der Waals surface area contributed by atoms with Crippen LogP contribution in [-0.2, 0) is 0 Å². The summed E-state index contributed by atoms with van der Waals surface area (Å²) in [5.41, 5.74) is 1.04. The van der Waals surface area contributed by atoms with Crippen LogP contribution in [-0.4, -0.2) is 13.0 Å². The average Bonchev–Trinajstić information content (AvgIpc) is 2.52. The van der Waals surface area contributed by atoms with E-state index in [1.807, 2.05) is 6.92 Å². The monoisotopic (exact) mass is 324 g/mol. The molecule has 0 radical (unpaired) electrons. The summed E-state index contributed by atoms with van der Waals surface area (Å²) in [6.45, 7) is 2.67. The molecule has 0 amide bonds. The summed E-state index contributed by atoms with van der Waals surface area (Å²) in [6.07, 6.45) is -3.78. The molecule has 2 aromatic rings. The topological polar surface area (TPSA) is 43.2 Å². The van der Waals surface area contributed by atoms with Gasteiger partial charge in [0.25, 0.3) is 0 Å². The molecule has 0 bridgehead atoms. The van der Waals surface area contributed by atoms with Gasteiger partial charge in [0.05, 0.1) is 18.0 Å². The van der Waals surface area contributed by atoms with Gasteiger partial charge in [0, 0.05) is 0 Å². The number of hydrogen-bond acceptors (Lipinski definition) is 4. The minimum Gasteiger partial charge on any atom is -0.494 e. The van der Waals surface area contributed by atoms with E-state index in [2.05, 4.69) is 15.0 Å². The third-order valence-electron chi connectivity index (χ3n) is 2.66. The molecule has 0 aliphatic rings. The van der Waals surface area contributed by atoms with Gasteiger partial charge in [-0.2, -0.15) is 10.2 Å². The second kappa shape index (κ2) is 7.62. The fourth-order valence-corrected chi connectivity index (χ4v) is 1.66. The molecule has 2 aromatic carbocycles. The molecule has 0 atom stereocenters. The summed E-state index contributed by atoms with van der Waals surface area (Å²) >= 11 is 0. The molecular formula is C16H15F3N2O2. The van der Waals surface area contributed by atoms with E-state index in [-0.39, 0.29) is 5.75 Å². The molecular weight excluding hydrogens is 309 g/mol. The van der Waals surface area contributed by atoms with Crippen LogP contribution in [0, 0.1) is 0 Å². The van der Waals surface area contributed by atoms with Crippen LogP contribution in [0.3, 0.4) is 0 Å². The molecule has 23 heavy (non-hydrogen) atoms. The first-order valence-corrected chi connectivity index (χ1v) is 6.97. The maximum Gasteiger partial charge on any atom is 0.573 e. The molecule has 0 spiro atoms. The highest BCUT2D eigenvalue weighted by molar-refractivity contribution is 5.44. The smallest absolute Gasteiger partial charge is 0.494 e. The highest BCUT2D eigenvalue weighted by Gasteiger charge is 2.30. The Morgan fingerprint density at radius 3 is 1.74 bits per heavy atom. The number of azo groups is 1. The summed E-state index contributed by atoms with van der Waals surface area (Å²) in [5, 5.41) is 7.96. The number of ether oxygens (including phenoxy) is 2. The fraction of sp³-hybridized carbons (Fsp3) is 0.250. The Bertz CT molecular complexity index is 638. The molecule has 0 aromatic heterocycles. The van der Waals surface area contributed by atoms with Crippen molar-refractivity contribution in [2.75, 3.05) is 6.61 Å². The SMILES string of the molecule is CCCOc1ccc(N=Nc2ccc(OC(F)(F)F)cc2)cc1. The molecule has 122 valence electrons. The fourth-order valence-electron chi connectivity index (χ4n) is 1.66. The van der Waals surface area contributed by atoms with Gasteiger partial charge >= 0.3 is 6.36 Å². The van der Waals surface area contributed by atoms with Crippen molar-refractivity contribution >= 4 is 11.4 Å². The normalized spacial score (nSPS) is 11.7. The molecule has 7 heteroatoms. The van der Waals surface area contributed by atoms with E-state index < -0.39 is 6.36 Å². The Morgan fingerprint density at radius 1 is 0.826 bits per heavy atom. The van der Waals surface area contributed by atoms with Crippen molar-refractivity contribution in [3.05, 3.63) is 48.5 Å². The van der Waals surface area contributed by atoms with Gasteiger partial charge in [-0.15, -0.1) is 13.2 Å². The zero-order valence-corrected chi connectivity index (χ0v) is 12.4. The lowest BCUT2D eigenvalue weighted by molar-refractivity contribution is -0.274. The van der Waals surface area contributed by atoms with E-state index in [1.54, 1.807) is 24.3 Å². The number of nitrogens with zero attached hydrogens (tertiary/aromatic N) is 2. The van der Waals surface area contributed by atoms with E-state index in [0.717, 1.165) is 12.2 Å². The van der Waals surface area contributed by atoms with Crippen LogP contribution in [0.4, 0.5) is 24.5 Å². The molecule has 0 fully saturated rings. The van der Waals surface area contributed by atoms with Crippen molar-refractivity contribution < 1.29 is 22.6 Å². The van der Waals surface area contributed by atoms with Gasteiger partial charge in [0.15, 0.2) is 0 Å². The largest absolute Gasteiger partial charge is 0.573 e. The molecule has 0 saturated carbocycles. The van der Waals surface area contributed by atoms with Crippen LogP contribution in [0.15, 0.2) is 58.8 Å². The molecule has 4 nitrogen and oxygen atoms in total. The maximum atomic E-state index is 12.0. The van der Waals surface area contributed by atoms with Crippen LogP contribution in [0.25, 0.3) is 0 Å². The molecule has 2 rings (SSSR count). The molecule has 0 aliphatic carbocycles. The Labute approximate surface area is 131 Å². The van der Waals surface area contributed by atoms with Crippen molar-refractivity contribution in [3.8, 4) is 11.5 Å². The number of benzene rings is 2. The van der Waals surface area contributed by atoms with Gasteiger partial charge < -0.3 is 9.47 Å². The summed E-state index contributed by atoms with van der Waals surface area (Å²) in [5.74, 6) is 0.452. The van der Waals surface area contributed by atoms with Gasteiger partial charge in [-0.25, -0.2) is 0 Å². The zero-order valence-electron chi connectivity index (χ0n) is 12.4. The van der Waals surface area contributed by atoms with Crippen LogP contribution in [0.1, 0.15) is 13.3 Å². The van der Waals surface area contributed by atoms with E-state index in [1.165, 1.54) is 24.3 Å². The molecule has 0 unspecified atom stereocenters. The minimum absolute atomic E-state index is 0.297. The van der Waals surface area contributed by atoms with Gasteiger partial charge in [0.2, 0.25) is 0 Å². The van der Waals surface area contributed by atoms with Crippen LogP contribution in [0.2, 0.25) is 0 Å². The Kier molecular flexibility index (Phi) is 5.56. The zero-order chi connectivity index (χ0) is 16.7. The molecule has 0 heterocycles. The Morgan fingerprint density at radius 2 is 1.30 bits per heavy atom. The lowest BCUT2D eigenvalue weighted by Crippen LogP contribution is -2.16. The van der Waals surface area contributed by atoms with Crippen LogP contribution in [0.5, 0.6) is 11.5 Å². The highest BCUT2D eigenvalue weighted by Crippen LogP contribution is 2.26. The Hall–Kier alpha value is -2.57. The van der Waals surface area contributed by atoms with E-state index in [4.69, 9.17) is 4.74 Å². The number of rotatable bonds is 6. The van der Waals surface area contributed by atoms with Crippen molar-refractivity contribution in [3.63, 3.8) is 0 Å². The summed E-state index contributed by atoms with van der Waals surface area (Å²) in [6, 6.07) is 12.2. The first-order valence-electron chi connectivity index (χ1n) is 6.97. The predicted molar refractivity (Wildman–Crippen MR) is 79.5 cm³/mol. The highest BCUT2D eigenvalue weighted by atomic mass is 19.4. The van der Waals surface area contributed by atoms with Crippen molar-refractivity contribution in [1.82, 2.24) is 0 Å². The second-order valence-electron chi connectivity index (χ2n) is 4.58. The van der Waals surface area contributed by atoms with Crippen LogP contribution < -0.4 is 9.47 Å². The third-order valence-corrected chi connectivity index (χ3v) is 2.66. The summed E-state index contributed by atoms with van der Waals surface area (Å²) < 4.78 is 45.4. The predicted octanol–water partition coefficient (Wildman–Crippen LogP) is 5.79. The lowest BCUT2D eigenvalue weighted by Gasteiger charge is -2.08. The third kappa shape index (κ3) is 5.98. The quantitative estimate of drug-likeness (QED) is 0.631. The van der Waals surface area contributed by atoms with E-state index in [0.29, 0.717) is 18.0 Å². The summed E-state index contributed by atoms with van der Waals surface area (Å²) in [4.78, 5) is 0. The summed E-state index contributed by atoms with van der Waals surface area (Å²) in [7, 11) is 0. The molecule has 0 N–H and O–H groups in total. The number of alkyl halides is 3. The van der Waals surface area contributed by atoms with Gasteiger partial charge in [-0.3, -0.25) is 0 Å². The number of hydrogen-bond donors (Lipinski definition) is 0. The maximum absolute atomic E-state index is 12.0. The van der Waals surface area contributed by atoms with Crippen LogP contribution >= 0.6 is 0 Å². The van der Waals surface area contributed by atoms with E-state index >= 15 is 0 Å². The van der Waals surface area contributed by atoms with Crippen molar-refractivity contribution in [2.45, 2.75) is 19.7 Å². The van der Waals surface area contributed by atoms with Gasteiger partial charge in [0.1, 0.15) is 11.5 Å².